The number of nitrogens with zero attached hydrogens (tertiary/aromatic N) is 6. The van der Waals surface area contributed by atoms with Gasteiger partial charge in [-0.2, -0.15) is 0 Å². The van der Waals surface area contributed by atoms with Gasteiger partial charge in [0, 0.05) is 13.1 Å². The molecule has 4 aromatic carbocycles. The van der Waals surface area contributed by atoms with E-state index in [1.807, 2.05) is 73.5 Å². The zero-order valence-corrected chi connectivity index (χ0v) is 36.0. The van der Waals surface area contributed by atoms with Crippen LogP contribution in [0, 0.1) is 6.92 Å². The second-order valence-corrected chi connectivity index (χ2v) is 17.4. The molecule has 62 heavy (non-hydrogen) atoms. The summed E-state index contributed by atoms with van der Waals surface area (Å²) in [5.41, 5.74) is 8.46. The maximum atomic E-state index is 14.2. The number of nitrogens with one attached hydrogen (secondary N) is 3. The van der Waals surface area contributed by atoms with E-state index >= 15 is 0 Å². The number of benzene rings is 4. The predicted octanol–water partition coefficient (Wildman–Crippen LogP) is 8.78. The lowest BCUT2D eigenvalue weighted by atomic mass is 10.0. The highest BCUT2D eigenvalue weighted by atomic mass is 32.1. The van der Waals surface area contributed by atoms with Gasteiger partial charge in [-0.1, -0.05) is 84.9 Å². The lowest BCUT2D eigenvalue weighted by Gasteiger charge is -2.31. The van der Waals surface area contributed by atoms with Crippen LogP contribution in [0.15, 0.2) is 109 Å². The number of hydrogen-bond donors (Lipinski definition) is 3. The Morgan fingerprint density at radius 3 is 1.84 bits per heavy atom. The average molecular weight is 848 g/mol. The summed E-state index contributed by atoms with van der Waals surface area (Å²) in [6.07, 6.45) is 6.36. The molecular weight excluding hydrogens is 799 g/mol. The first-order valence-corrected chi connectivity index (χ1v) is 21.8. The number of likely N-dealkylation sites (N-methyl/N-ethyl adjacent to an activating group) is 1. The van der Waals surface area contributed by atoms with Crippen LogP contribution >= 0.6 is 11.3 Å². The largest absolute Gasteiger partial charge is 0.453 e. The number of thiazole rings is 1. The summed E-state index contributed by atoms with van der Waals surface area (Å²) in [5, 5.41) is 3.74. The van der Waals surface area contributed by atoms with Crippen molar-refractivity contribution in [3.63, 3.8) is 0 Å². The smallest absolute Gasteiger partial charge is 0.407 e. The maximum absolute atomic E-state index is 14.2. The van der Waals surface area contributed by atoms with Crippen LogP contribution < -0.4 is 5.32 Å². The highest BCUT2D eigenvalue weighted by molar-refractivity contribution is 7.18. The fraction of sp³-hybridized carbons (Fsp3) is 0.292. The van der Waals surface area contributed by atoms with E-state index in [-0.39, 0.29) is 23.9 Å². The van der Waals surface area contributed by atoms with Gasteiger partial charge in [-0.05, 0) is 92.2 Å². The summed E-state index contributed by atoms with van der Waals surface area (Å²) in [6.45, 7) is 3.25. The molecule has 0 spiro atoms. The molecule has 0 saturated carbocycles. The second kappa shape index (κ2) is 17.4. The molecular formula is C48H49N9O4S. The molecule has 13 nitrogen and oxygen atoms in total. The molecule has 3 amide bonds. The molecule has 2 fully saturated rings. The van der Waals surface area contributed by atoms with E-state index in [4.69, 9.17) is 14.7 Å². The topological polar surface area (TPSA) is 152 Å². The Morgan fingerprint density at radius 1 is 0.742 bits per heavy atom. The van der Waals surface area contributed by atoms with Crippen molar-refractivity contribution >= 4 is 39.5 Å². The summed E-state index contributed by atoms with van der Waals surface area (Å²) in [4.78, 5) is 67.4. The van der Waals surface area contributed by atoms with E-state index in [9.17, 15) is 14.4 Å². The van der Waals surface area contributed by atoms with Crippen molar-refractivity contribution in [3.05, 3.63) is 137 Å². The number of alkyl carbamates (subject to hydrolysis) is 1. The number of hydrogen-bond acceptors (Lipinski definition) is 9. The van der Waals surface area contributed by atoms with Gasteiger partial charge >= 0.3 is 6.09 Å². The third-order valence-electron chi connectivity index (χ3n) is 12.0. The van der Waals surface area contributed by atoms with Crippen LogP contribution in [-0.2, 0) is 14.3 Å². The Kier molecular flexibility index (Phi) is 11.4. The fourth-order valence-corrected chi connectivity index (χ4v) is 9.75. The van der Waals surface area contributed by atoms with Gasteiger partial charge in [-0.15, -0.1) is 11.3 Å². The number of methoxy groups -OCH3 is 1. The van der Waals surface area contributed by atoms with E-state index in [0.29, 0.717) is 24.5 Å². The van der Waals surface area contributed by atoms with Crippen molar-refractivity contribution in [1.29, 1.82) is 0 Å². The minimum absolute atomic E-state index is 0.0705. The van der Waals surface area contributed by atoms with Gasteiger partial charge in [0.2, 0.25) is 5.91 Å². The van der Waals surface area contributed by atoms with Crippen molar-refractivity contribution < 1.29 is 19.1 Å². The number of carbonyl (C=O) groups excluding carboxylic acids is 3. The zero-order chi connectivity index (χ0) is 42.9. The van der Waals surface area contributed by atoms with Gasteiger partial charge in [-0.25, -0.2) is 19.7 Å². The molecule has 316 valence electrons. The number of ether oxygens (including phenoxy) is 1. The van der Waals surface area contributed by atoms with Gasteiger partial charge in [0.25, 0.3) is 5.91 Å². The number of aromatic nitrogens is 5. The van der Waals surface area contributed by atoms with Crippen LogP contribution in [0.5, 0.6) is 0 Å². The van der Waals surface area contributed by atoms with Crippen molar-refractivity contribution in [2.45, 2.75) is 56.8 Å². The number of carbonyl (C=O) groups is 3. The van der Waals surface area contributed by atoms with Crippen LogP contribution in [0.3, 0.4) is 0 Å². The lowest BCUT2D eigenvalue weighted by Crippen LogP contribution is -2.42. The monoisotopic (exact) mass is 847 g/mol. The molecule has 2 aliphatic heterocycles. The Bertz CT molecular complexity index is 2710. The molecule has 4 atom stereocenters. The third-order valence-corrected chi connectivity index (χ3v) is 13.0. The van der Waals surface area contributed by atoms with Crippen molar-refractivity contribution in [1.82, 2.24) is 44.9 Å². The number of H-pyrrole nitrogens is 2. The van der Waals surface area contributed by atoms with E-state index in [0.717, 1.165) is 85.9 Å². The summed E-state index contributed by atoms with van der Waals surface area (Å²) in [6, 6.07) is 30.4. The van der Waals surface area contributed by atoms with E-state index < -0.39 is 18.2 Å². The first-order valence-electron chi connectivity index (χ1n) is 21.0. The van der Waals surface area contributed by atoms with E-state index in [1.165, 1.54) is 7.11 Å². The summed E-state index contributed by atoms with van der Waals surface area (Å²) >= 11 is 1.66. The third kappa shape index (κ3) is 8.10. The standard InChI is InChI=1S/C48H49N9O4S/c1-29-51-36-26-35(22-23-41(36)62-29)43(55(2)3)47(59)57-25-9-13-40(57)45-50-28-38(53-45)33-20-16-31(17-21-33)30-14-18-32(19-15-30)37-27-49-44(52-37)39-12-8-24-56(39)46(58)42(54-48(60)61-4)34-10-6-5-7-11-34/h5-7,10-11,14-23,26-28,39-40,42-43H,8-9,12-13,24-25H2,1-4H3,(H,49,52)(H,50,53)(H,54,60)/t39-,40-,42+,43?/m0/s1. The Balaban J connectivity index is 0.860. The lowest BCUT2D eigenvalue weighted by molar-refractivity contribution is -0.137. The molecule has 2 saturated heterocycles. The van der Waals surface area contributed by atoms with Crippen LogP contribution in [0.4, 0.5) is 4.79 Å². The number of fused-ring (bicyclic) bond motifs is 1. The fourth-order valence-electron chi connectivity index (χ4n) is 8.94. The van der Waals surface area contributed by atoms with Crippen LogP contribution in [-0.4, -0.2) is 91.8 Å². The number of rotatable bonds is 11. The van der Waals surface area contributed by atoms with Gasteiger partial charge in [0.1, 0.15) is 23.7 Å². The number of amides is 3. The molecule has 9 rings (SSSR count). The number of aromatic amines is 2. The average Bonchev–Trinajstić information content (AvgIpc) is 4.15. The molecule has 0 radical (unpaired) electrons. The molecule has 3 N–H and O–H groups in total. The Morgan fingerprint density at radius 2 is 1.29 bits per heavy atom. The van der Waals surface area contributed by atoms with E-state index in [2.05, 4.69) is 87.0 Å². The van der Waals surface area contributed by atoms with E-state index in [1.54, 1.807) is 16.2 Å². The summed E-state index contributed by atoms with van der Waals surface area (Å²) in [7, 11) is 5.20. The number of likely N-dealkylation sites (tertiary alicyclic amines) is 2. The van der Waals surface area contributed by atoms with Gasteiger partial charge in [0.05, 0.1) is 58.2 Å². The molecule has 1 unspecified atom stereocenters. The molecule has 7 aromatic rings. The first-order chi connectivity index (χ1) is 30.1. The zero-order valence-electron chi connectivity index (χ0n) is 35.2. The summed E-state index contributed by atoms with van der Waals surface area (Å²) in [5.74, 6) is 1.38. The number of imidazole rings is 2. The Labute approximate surface area is 364 Å². The minimum Gasteiger partial charge on any atom is -0.453 e. The SMILES string of the molecule is COC(=O)N[C@@H](C(=O)N1CCC[C@H]1c1ncc(-c2ccc(-c3ccc(-c4cnc([C@@H]5CCCN5C(=O)C(c5ccc6sc(C)nc6c5)N(C)C)[nH]4)cc3)cc2)[nH]1)c1ccccc1. The van der Waals surface area contributed by atoms with Crippen molar-refractivity contribution in [2.75, 3.05) is 34.3 Å². The van der Waals surface area contributed by atoms with Crippen molar-refractivity contribution in [3.8, 4) is 33.6 Å². The van der Waals surface area contributed by atoms with Crippen molar-refractivity contribution in [2.24, 2.45) is 0 Å². The van der Waals surface area contributed by atoms with Crippen LogP contribution in [0.1, 0.15) is 77.6 Å². The maximum Gasteiger partial charge on any atom is 0.407 e. The van der Waals surface area contributed by atoms with Gasteiger partial charge in [0.15, 0.2) is 0 Å². The second-order valence-electron chi connectivity index (χ2n) is 16.2. The van der Waals surface area contributed by atoms with Crippen LogP contribution in [0.25, 0.3) is 43.9 Å². The highest BCUT2D eigenvalue weighted by Gasteiger charge is 2.38. The molecule has 14 heteroatoms. The Hall–Kier alpha value is -6.64. The normalized spacial score (nSPS) is 17.4. The minimum atomic E-state index is -0.875. The highest BCUT2D eigenvalue weighted by Crippen LogP contribution is 2.37. The quantitative estimate of drug-likeness (QED) is 0.117. The van der Waals surface area contributed by atoms with Gasteiger partial charge < -0.3 is 29.8 Å². The number of aryl methyl sites for hydroxylation is 1. The predicted molar refractivity (Wildman–Crippen MR) is 240 cm³/mol. The van der Waals surface area contributed by atoms with Gasteiger partial charge in [-0.3, -0.25) is 14.5 Å². The van der Waals surface area contributed by atoms with Crippen LogP contribution in [0.2, 0.25) is 0 Å². The summed E-state index contributed by atoms with van der Waals surface area (Å²) < 4.78 is 5.96. The molecule has 3 aromatic heterocycles. The molecule has 2 aliphatic rings. The first kappa shape index (κ1) is 40.7. The molecule has 0 bridgehead atoms. The molecule has 5 heterocycles. The molecule has 0 aliphatic carbocycles.